The van der Waals surface area contributed by atoms with Crippen molar-refractivity contribution in [2.75, 3.05) is 7.11 Å². The number of hydrogen-bond acceptors (Lipinski definition) is 2. The average molecular weight is 269 g/mol. The predicted molar refractivity (Wildman–Crippen MR) is 70.3 cm³/mol. The summed E-state index contributed by atoms with van der Waals surface area (Å²) in [6.07, 6.45) is 3.68. The lowest BCUT2D eigenvalue weighted by molar-refractivity contribution is -0.143. The van der Waals surface area contributed by atoms with Crippen LogP contribution in [-0.2, 0) is 4.79 Å². The Bertz CT molecular complexity index is 445. The first kappa shape index (κ1) is 13.2. The van der Waals surface area contributed by atoms with Gasteiger partial charge in [0.05, 0.1) is 13.0 Å². The normalized spacial score (nSPS) is 23.7. The van der Waals surface area contributed by atoms with Crippen LogP contribution in [0.2, 0.25) is 5.02 Å². The summed E-state index contributed by atoms with van der Waals surface area (Å²) >= 11 is 6.24. The van der Waals surface area contributed by atoms with E-state index in [-0.39, 0.29) is 11.8 Å². The molecular weight excluding hydrogens is 252 g/mol. The highest BCUT2D eigenvalue weighted by molar-refractivity contribution is 6.31. The van der Waals surface area contributed by atoms with Crippen LogP contribution in [0.1, 0.15) is 37.2 Å². The zero-order valence-electron chi connectivity index (χ0n) is 10.4. The van der Waals surface area contributed by atoms with Crippen LogP contribution >= 0.6 is 11.6 Å². The van der Waals surface area contributed by atoms with Gasteiger partial charge in [0, 0.05) is 5.02 Å². The van der Waals surface area contributed by atoms with E-state index in [1.165, 1.54) is 0 Å². The Balaban J connectivity index is 2.31. The number of carboxylic acid groups (broad SMARTS) is 1. The Morgan fingerprint density at radius 3 is 2.72 bits per heavy atom. The van der Waals surface area contributed by atoms with Gasteiger partial charge in [0.15, 0.2) is 0 Å². The van der Waals surface area contributed by atoms with E-state index >= 15 is 0 Å². The third-order valence-corrected chi connectivity index (χ3v) is 4.02. The molecule has 2 atom stereocenters. The van der Waals surface area contributed by atoms with Gasteiger partial charge in [-0.3, -0.25) is 4.79 Å². The van der Waals surface area contributed by atoms with Crippen LogP contribution in [0, 0.1) is 5.92 Å². The first-order valence-electron chi connectivity index (χ1n) is 6.19. The maximum absolute atomic E-state index is 11.3. The van der Waals surface area contributed by atoms with Gasteiger partial charge in [-0.05, 0) is 36.5 Å². The molecule has 1 aliphatic carbocycles. The fourth-order valence-corrected chi connectivity index (χ4v) is 3.04. The van der Waals surface area contributed by atoms with Crippen molar-refractivity contribution in [3.8, 4) is 5.75 Å². The highest BCUT2D eigenvalue weighted by Crippen LogP contribution is 2.41. The Labute approximate surface area is 112 Å². The number of carboxylic acids is 1. The number of benzene rings is 1. The summed E-state index contributed by atoms with van der Waals surface area (Å²) in [5.74, 6) is -0.308. The van der Waals surface area contributed by atoms with Crippen LogP contribution in [0.3, 0.4) is 0 Å². The zero-order chi connectivity index (χ0) is 13.1. The summed E-state index contributed by atoms with van der Waals surface area (Å²) in [6, 6.07) is 5.49. The molecule has 1 fully saturated rings. The fourth-order valence-electron chi connectivity index (χ4n) is 2.73. The first-order valence-corrected chi connectivity index (χ1v) is 6.57. The smallest absolute Gasteiger partial charge is 0.307 e. The van der Waals surface area contributed by atoms with Gasteiger partial charge in [0.1, 0.15) is 5.75 Å². The molecule has 3 nitrogen and oxygen atoms in total. The Morgan fingerprint density at radius 1 is 1.39 bits per heavy atom. The van der Waals surface area contributed by atoms with Crippen molar-refractivity contribution < 1.29 is 14.6 Å². The van der Waals surface area contributed by atoms with Gasteiger partial charge in [-0.2, -0.15) is 0 Å². The quantitative estimate of drug-likeness (QED) is 0.909. The van der Waals surface area contributed by atoms with Crippen molar-refractivity contribution in [3.63, 3.8) is 0 Å². The third kappa shape index (κ3) is 2.61. The number of halogens is 1. The Kier molecular flexibility index (Phi) is 4.12. The average Bonchev–Trinajstić information content (AvgIpc) is 2.38. The van der Waals surface area contributed by atoms with Gasteiger partial charge in [0.25, 0.3) is 0 Å². The fraction of sp³-hybridized carbons (Fsp3) is 0.500. The number of rotatable bonds is 3. The van der Waals surface area contributed by atoms with Crippen molar-refractivity contribution in [3.05, 3.63) is 28.8 Å². The summed E-state index contributed by atoms with van der Waals surface area (Å²) in [7, 11) is 1.59. The van der Waals surface area contributed by atoms with Crippen LogP contribution in [0.4, 0.5) is 0 Å². The molecule has 1 saturated carbocycles. The maximum Gasteiger partial charge on any atom is 0.307 e. The molecule has 0 aromatic heterocycles. The van der Waals surface area contributed by atoms with Gasteiger partial charge in [0.2, 0.25) is 0 Å². The number of hydrogen-bond donors (Lipinski definition) is 1. The standard InChI is InChI=1S/C14H17ClO3/c1-18-9-6-7-11(13(15)8-9)10-4-2-3-5-12(10)14(16)17/h6-8,10,12H,2-5H2,1H3,(H,16,17). The first-order chi connectivity index (χ1) is 8.63. The molecule has 4 heteroatoms. The summed E-state index contributed by atoms with van der Waals surface area (Å²) in [5, 5.41) is 9.90. The van der Waals surface area contributed by atoms with Gasteiger partial charge in [-0.1, -0.05) is 30.5 Å². The van der Waals surface area contributed by atoms with Crippen molar-refractivity contribution in [2.24, 2.45) is 5.92 Å². The van der Waals surface area contributed by atoms with Crippen LogP contribution < -0.4 is 4.74 Å². The highest BCUT2D eigenvalue weighted by Gasteiger charge is 2.32. The Morgan fingerprint density at radius 2 is 2.11 bits per heavy atom. The van der Waals surface area contributed by atoms with E-state index in [2.05, 4.69) is 0 Å². The second-order valence-corrected chi connectivity index (χ2v) is 5.13. The molecule has 0 spiro atoms. The zero-order valence-corrected chi connectivity index (χ0v) is 11.1. The number of methoxy groups -OCH3 is 1. The SMILES string of the molecule is COc1ccc(C2CCCCC2C(=O)O)c(Cl)c1. The number of carbonyl (C=O) groups is 1. The lowest BCUT2D eigenvalue weighted by Gasteiger charge is -2.29. The number of ether oxygens (including phenoxy) is 1. The molecule has 0 heterocycles. The van der Waals surface area contributed by atoms with Crippen molar-refractivity contribution in [1.29, 1.82) is 0 Å². The molecule has 2 unspecified atom stereocenters. The second kappa shape index (κ2) is 5.61. The molecule has 0 bridgehead atoms. The second-order valence-electron chi connectivity index (χ2n) is 4.72. The van der Waals surface area contributed by atoms with Crippen LogP contribution in [-0.4, -0.2) is 18.2 Å². The van der Waals surface area contributed by atoms with E-state index in [0.717, 1.165) is 31.2 Å². The molecule has 0 amide bonds. The molecule has 2 rings (SSSR count). The number of aliphatic carboxylic acids is 1. The van der Waals surface area contributed by atoms with Crippen molar-refractivity contribution in [2.45, 2.75) is 31.6 Å². The molecule has 0 saturated heterocycles. The summed E-state index contributed by atoms with van der Waals surface area (Å²) < 4.78 is 5.11. The minimum atomic E-state index is -0.716. The molecule has 1 aromatic carbocycles. The van der Waals surface area contributed by atoms with E-state index < -0.39 is 5.97 Å². The molecule has 1 N–H and O–H groups in total. The van der Waals surface area contributed by atoms with Crippen molar-refractivity contribution >= 4 is 17.6 Å². The third-order valence-electron chi connectivity index (χ3n) is 3.69. The summed E-state index contributed by atoms with van der Waals surface area (Å²) in [4.78, 5) is 11.3. The monoisotopic (exact) mass is 268 g/mol. The minimum Gasteiger partial charge on any atom is -0.497 e. The molecule has 18 heavy (non-hydrogen) atoms. The molecule has 1 aliphatic rings. The lowest BCUT2D eigenvalue weighted by Crippen LogP contribution is -2.25. The highest BCUT2D eigenvalue weighted by atomic mass is 35.5. The lowest BCUT2D eigenvalue weighted by atomic mass is 9.75. The van der Waals surface area contributed by atoms with E-state index in [0.29, 0.717) is 10.8 Å². The molecule has 1 aromatic rings. The summed E-state index contributed by atoms with van der Waals surface area (Å²) in [6.45, 7) is 0. The Hall–Kier alpha value is -1.22. The van der Waals surface area contributed by atoms with Gasteiger partial charge < -0.3 is 9.84 Å². The topological polar surface area (TPSA) is 46.5 Å². The predicted octanol–water partition coefficient (Wildman–Crippen LogP) is 3.71. The molecule has 0 radical (unpaired) electrons. The van der Waals surface area contributed by atoms with Crippen LogP contribution in [0.25, 0.3) is 0 Å². The molecular formula is C14H17ClO3. The van der Waals surface area contributed by atoms with Crippen LogP contribution in [0.5, 0.6) is 5.75 Å². The van der Waals surface area contributed by atoms with E-state index in [9.17, 15) is 9.90 Å². The van der Waals surface area contributed by atoms with E-state index in [4.69, 9.17) is 16.3 Å². The molecule has 0 aliphatic heterocycles. The van der Waals surface area contributed by atoms with Gasteiger partial charge in [-0.15, -0.1) is 0 Å². The summed E-state index contributed by atoms with van der Waals surface area (Å²) in [5.41, 5.74) is 0.935. The largest absolute Gasteiger partial charge is 0.497 e. The van der Waals surface area contributed by atoms with E-state index in [1.54, 1.807) is 13.2 Å². The van der Waals surface area contributed by atoms with Crippen LogP contribution in [0.15, 0.2) is 18.2 Å². The van der Waals surface area contributed by atoms with E-state index in [1.807, 2.05) is 12.1 Å². The molecule has 98 valence electrons. The van der Waals surface area contributed by atoms with Gasteiger partial charge in [-0.25, -0.2) is 0 Å². The maximum atomic E-state index is 11.3. The minimum absolute atomic E-state index is 0.0228. The van der Waals surface area contributed by atoms with Gasteiger partial charge >= 0.3 is 5.97 Å². The van der Waals surface area contributed by atoms with Crippen molar-refractivity contribution in [1.82, 2.24) is 0 Å².